The van der Waals surface area contributed by atoms with Gasteiger partial charge in [0, 0.05) is 10.6 Å². The highest BCUT2D eigenvalue weighted by atomic mass is 35.5. The van der Waals surface area contributed by atoms with Crippen LogP contribution >= 0.6 is 11.6 Å². The van der Waals surface area contributed by atoms with Gasteiger partial charge in [-0.15, -0.1) is 0 Å². The second-order valence-electron chi connectivity index (χ2n) is 5.96. The summed E-state index contributed by atoms with van der Waals surface area (Å²) < 4.78 is 10.6. The third kappa shape index (κ3) is 2.53. The Morgan fingerprint density at radius 2 is 1.78 bits per heavy atom. The number of halogens is 1. The lowest BCUT2D eigenvalue weighted by atomic mass is 9.71. The lowest BCUT2D eigenvalue weighted by Crippen LogP contribution is -2.50. The summed E-state index contributed by atoms with van der Waals surface area (Å²) in [6, 6.07) is 13.0. The number of ether oxygens (including phenoxy) is 2. The molecule has 118 valence electrons. The minimum Gasteiger partial charge on any atom is -0.454 e. The molecule has 2 aromatic rings. The maximum absolute atomic E-state index is 12.7. The van der Waals surface area contributed by atoms with Gasteiger partial charge in [-0.3, -0.25) is 4.79 Å². The van der Waals surface area contributed by atoms with E-state index in [2.05, 4.69) is 5.32 Å². The van der Waals surface area contributed by atoms with Gasteiger partial charge >= 0.3 is 0 Å². The molecule has 0 unspecified atom stereocenters. The van der Waals surface area contributed by atoms with Crippen molar-refractivity contribution >= 4 is 17.5 Å². The van der Waals surface area contributed by atoms with Crippen LogP contribution in [0.15, 0.2) is 42.5 Å². The predicted octanol–water partition coefficient (Wildman–Crippen LogP) is 3.88. The number of carbonyl (C=O) groups is 1. The van der Waals surface area contributed by atoms with E-state index in [1.54, 1.807) is 18.2 Å². The van der Waals surface area contributed by atoms with Crippen molar-refractivity contribution in [2.45, 2.75) is 24.8 Å². The van der Waals surface area contributed by atoms with Crippen molar-refractivity contribution in [1.82, 2.24) is 5.32 Å². The first-order valence-electron chi connectivity index (χ1n) is 7.65. The molecule has 1 N–H and O–H groups in total. The van der Waals surface area contributed by atoms with Crippen LogP contribution in [-0.4, -0.2) is 12.7 Å². The summed E-state index contributed by atoms with van der Waals surface area (Å²) in [6.07, 6.45) is 2.97. The quantitative estimate of drug-likeness (QED) is 0.929. The summed E-state index contributed by atoms with van der Waals surface area (Å²) in [7, 11) is 0. The zero-order valence-electron chi connectivity index (χ0n) is 12.5. The van der Waals surface area contributed by atoms with Crippen LogP contribution in [-0.2, 0) is 5.54 Å². The summed E-state index contributed by atoms with van der Waals surface area (Å²) in [6.45, 7) is 0.203. The average Bonchev–Trinajstić information content (AvgIpc) is 2.99. The largest absolute Gasteiger partial charge is 0.454 e. The Bertz CT molecular complexity index is 753. The minimum atomic E-state index is -0.294. The fourth-order valence-electron chi connectivity index (χ4n) is 3.11. The molecule has 0 aromatic heterocycles. The fourth-order valence-corrected chi connectivity index (χ4v) is 3.24. The van der Waals surface area contributed by atoms with Gasteiger partial charge in [0.2, 0.25) is 6.79 Å². The van der Waals surface area contributed by atoms with Crippen molar-refractivity contribution in [3.63, 3.8) is 0 Å². The Morgan fingerprint density at radius 3 is 2.48 bits per heavy atom. The van der Waals surface area contributed by atoms with Gasteiger partial charge in [0.05, 0.1) is 5.54 Å². The highest BCUT2D eigenvalue weighted by Crippen LogP contribution is 2.42. The average molecular weight is 330 g/mol. The van der Waals surface area contributed by atoms with E-state index in [1.165, 1.54) is 0 Å². The molecule has 4 rings (SSSR count). The SMILES string of the molecule is O=C(NC1(c2ccc(Cl)cc2)CCC1)c1ccc2c(c1)OCO2. The molecular formula is C18H16ClNO3. The molecule has 0 saturated heterocycles. The van der Waals surface area contributed by atoms with Gasteiger partial charge in [-0.05, 0) is 55.2 Å². The van der Waals surface area contributed by atoms with Gasteiger partial charge in [-0.1, -0.05) is 23.7 Å². The van der Waals surface area contributed by atoms with Crippen LogP contribution in [0.5, 0.6) is 11.5 Å². The Labute approximate surface area is 139 Å². The summed E-state index contributed by atoms with van der Waals surface area (Å²) >= 11 is 5.97. The second kappa shape index (κ2) is 5.46. The maximum atomic E-state index is 12.7. The van der Waals surface area contributed by atoms with Crippen molar-refractivity contribution in [3.05, 3.63) is 58.6 Å². The van der Waals surface area contributed by atoms with Crippen LogP contribution < -0.4 is 14.8 Å². The van der Waals surface area contributed by atoms with Crippen LogP contribution in [0.2, 0.25) is 5.02 Å². The fraction of sp³-hybridized carbons (Fsp3) is 0.278. The molecule has 5 heteroatoms. The minimum absolute atomic E-state index is 0.0991. The van der Waals surface area contributed by atoms with Crippen LogP contribution in [0, 0.1) is 0 Å². The Kier molecular flexibility index (Phi) is 3.42. The van der Waals surface area contributed by atoms with Crippen LogP contribution in [0.1, 0.15) is 35.2 Å². The summed E-state index contributed by atoms with van der Waals surface area (Å²) in [5.41, 5.74) is 1.38. The van der Waals surface area contributed by atoms with Gasteiger partial charge in [0.25, 0.3) is 5.91 Å². The van der Waals surface area contributed by atoms with Crippen molar-refractivity contribution in [3.8, 4) is 11.5 Å². The molecule has 2 aliphatic rings. The monoisotopic (exact) mass is 329 g/mol. The third-order valence-electron chi connectivity index (χ3n) is 4.59. The highest BCUT2D eigenvalue weighted by molar-refractivity contribution is 6.30. The zero-order valence-corrected chi connectivity index (χ0v) is 13.2. The normalized spacial score (nSPS) is 17.4. The first-order chi connectivity index (χ1) is 11.2. The summed E-state index contributed by atoms with van der Waals surface area (Å²) in [5, 5.41) is 3.89. The first-order valence-corrected chi connectivity index (χ1v) is 8.02. The Balaban J connectivity index is 1.58. The standard InChI is InChI=1S/C18H16ClNO3/c19-14-5-3-13(4-6-14)18(8-1-9-18)20-17(21)12-2-7-15-16(10-12)23-11-22-15/h2-7,10H,1,8-9,11H2,(H,20,21). The highest BCUT2D eigenvalue weighted by Gasteiger charge is 2.40. The molecule has 1 amide bonds. The lowest BCUT2D eigenvalue weighted by Gasteiger charge is -2.43. The second-order valence-corrected chi connectivity index (χ2v) is 6.40. The molecule has 1 saturated carbocycles. The number of rotatable bonds is 3. The molecule has 1 fully saturated rings. The van der Waals surface area contributed by atoms with Crippen molar-refractivity contribution in [2.75, 3.05) is 6.79 Å². The molecular weight excluding hydrogens is 314 g/mol. The smallest absolute Gasteiger partial charge is 0.252 e. The molecule has 4 nitrogen and oxygen atoms in total. The topological polar surface area (TPSA) is 47.6 Å². The van der Waals surface area contributed by atoms with E-state index in [-0.39, 0.29) is 18.2 Å². The van der Waals surface area contributed by atoms with E-state index in [1.807, 2.05) is 24.3 Å². The van der Waals surface area contributed by atoms with Crippen LogP contribution in [0.3, 0.4) is 0 Å². The molecule has 0 bridgehead atoms. The summed E-state index contributed by atoms with van der Waals surface area (Å²) in [5.74, 6) is 1.20. The Hall–Kier alpha value is -2.20. The number of amides is 1. The van der Waals surface area contributed by atoms with Crippen molar-refractivity contribution in [1.29, 1.82) is 0 Å². The van der Waals surface area contributed by atoms with E-state index in [0.29, 0.717) is 22.1 Å². The molecule has 0 radical (unpaired) electrons. The van der Waals surface area contributed by atoms with E-state index in [4.69, 9.17) is 21.1 Å². The van der Waals surface area contributed by atoms with Gasteiger partial charge < -0.3 is 14.8 Å². The Morgan fingerprint density at radius 1 is 1.04 bits per heavy atom. The van der Waals surface area contributed by atoms with Crippen molar-refractivity contribution < 1.29 is 14.3 Å². The lowest BCUT2D eigenvalue weighted by molar-refractivity contribution is 0.0823. The van der Waals surface area contributed by atoms with E-state index in [9.17, 15) is 4.79 Å². The number of hydrogen-bond donors (Lipinski definition) is 1. The molecule has 1 aliphatic carbocycles. The molecule has 0 spiro atoms. The first kappa shape index (κ1) is 14.4. The van der Waals surface area contributed by atoms with Crippen LogP contribution in [0.4, 0.5) is 0 Å². The number of benzene rings is 2. The van der Waals surface area contributed by atoms with Gasteiger partial charge in [-0.25, -0.2) is 0 Å². The number of nitrogens with one attached hydrogen (secondary N) is 1. The van der Waals surface area contributed by atoms with E-state index < -0.39 is 0 Å². The van der Waals surface area contributed by atoms with Gasteiger partial charge in [-0.2, -0.15) is 0 Å². The molecule has 0 atom stereocenters. The van der Waals surface area contributed by atoms with Crippen molar-refractivity contribution in [2.24, 2.45) is 0 Å². The van der Waals surface area contributed by atoms with E-state index in [0.717, 1.165) is 24.8 Å². The molecule has 1 heterocycles. The van der Waals surface area contributed by atoms with Crippen LogP contribution in [0.25, 0.3) is 0 Å². The zero-order chi connectivity index (χ0) is 15.9. The number of fused-ring (bicyclic) bond motifs is 1. The number of hydrogen-bond acceptors (Lipinski definition) is 3. The summed E-state index contributed by atoms with van der Waals surface area (Å²) in [4.78, 5) is 12.7. The van der Waals surface area contributed by atoms with Gasteiger partial charge in [0.15, 0.2) is 11.5 Å². The molecule has 1 aliphatic heterocycles. The third-order valence-corrected chi connectivity index (χ3v) is 4.84. The number of carbonyl (C=O) groups excluding carboxylic acids is 1. The van der Waals surface area contributed by atoms with E-state index >= 15 is 0 Å². The molecule has 2 aromatic carbocycles. The maximum Gasteiger partial charge on any atom is 0.252 e. The molecule has 23 heavy (non-hydrogen) atoms. The predicted molar refractivity (Wildman–Crippen MR) is 87.0 cm³/mol. The van der Waals surface area contributed by atoms with Gasteiger partial charge in [0.1, 0.15) is 0 Å².